The van der Waals surface area contributed by atoms with Crippen LogP contribution in [-0.2, 0) is 30.5 Å². The Kier molecular flexibility index (Phi) is 11.7. The third-order valence-electron chi connectivity index (χ3n) is 14.9. The van der Waals surface area contributed by atoms with Crippen molar-refractivity contribution in [2.75, 3.05) is 60.1 Å². The van der Waals surface area contributed by atoms with E-state index in [1.54, 1.807) is 60.8 Å². The van der Waals surface area contributed by atoms with E-state index >= 15 is 4.39 Å². The second-order valence-corrected chi connectivity index (χ2v) is 19.4. The molecule has 6 heterocycles. The van der Waals surface area contributed by atoms with Gasteiger partial charge >= 0.3 is 0 Å². The molecular weight excluding hydrogens is 901 g/mol. The van der Waals surface area contributed by atoms with Crippen molar-refractivity contribution in [2.24, 2.45) is 11.3 Å². The highest BCUT2D eigenvalue weighted by Gasteiger charge is 2.56. The summed E-state index contributed by atoms with van der Waals surface area (Å²) in [5.74, 6) is -1.45. The van der Waals surface area contributed by atoms with Gasteiger partial charge in [0.25, 0.3) is 5.91 Å². The van der Waals surface area contributed by atoms with Crippen molar-refractivity contribution in [2.45, 2.75) is 69.6 Å². The van der Waals surface area contributed by atoms with E-state index in [9.17, 15) is 33.2 Å². The number of halogens is 2. The lowest BCUT2D eigenvalue weighted by Crippen LogP contribution is -2.52. The van der Waals surface area contributed by atoms with Crippen LogP contribution < -0.4 is 30.9 Å². The second-order valence-electron chi connectivity index (χ2n) is 19.4. The Hall–Kier alpha value is -7.31. The molecule has 1 unspecified atom stereocenters. The fourth-order valence-corrected chi connectivity index (χ4v) is 10.9. The smallest absolute Gasteiger partial charge is 0.255 e. The van der Waals surface area contributed by atoms with Crippen molar-refractivity contribution >= 4 is 69.1 Å². The molecule has 2 bridgehead atoms. The van der Waals surface area contributed by atoms with Gasteiger partial charge in [0.15, 0.2) is 0 Å². The molecule has 6 amide bonds. The Morgan fingerprint density at radius 2 is 1.47 bits per heavy atom. The molecule has 6 aliphatic rings. The highest BCUT2D eigenvalue weighted by Crippen LogP contribution is 2.48. The van der Waals surface area contributed by atoms with E-state index in [0.29, 0.717) is 88.6 Å². The number of aromatic nitrogens is 1. The predicted molar refractivity (Wildman–Crippen MR) is 255 cm³/mol. The molecule has 4 N–H and O–H groups in total. The topological polar surface area (TPSA) is 186 Å². The Morgan fingerprint density at radius 3 is 2.16 bits per heavy atom. The van der Waals surface area contributed by atoms with Gasteiger partial charge < -0.3 is 30.5 Å². The maximum absolute atomic E-state index is 16.0. The van der Waals surface area contributed by atoms with Gasteiger partial charge in [0.05, 0.1) is 17.7 Å². The van der Waals surface area contributed by atoms with Crippen molar-refractivity contribution in [1.29, 1.82) is 0 Å². The molecule has 18 heteroatoms. The summed E-state index contributed by atoms with van der Waals surface area (Å²) < 4.78 is 35.5. The summed E-state index contributed by atoms with van der Waals surface area (Å²) in [6.45, 7) is 4.61. The maximum atomic E-state index is 16.0. The quantitative estimate of drug-likeness (QED) is 0.0798. The number of benzene rings is 4. The number of imide groups is 1. The minimum absolute atomic E-state index is 0.120. The summed E-state index contributed by atoms with van der Waals surface area (Å²) in [6, 6.07) is 22.2. The first-order valence-corrected chi connectivity index (χ1v) is 23.9. The van der Waals surface area contributed by atoms with Crippen LogP contribution >= 0.6 is 0 Å². The van der Waals surface area contributed by atoms with Crippen molar-refractivity contribution in [3.63, 3.8) is 0 Å². The number of rotatable bonds is 13. The van der Waals surface area contributed by atoms with Gasteiger partial charge in [-0.05, 0) is 135 Å². The van der Waals surface area contributed by atoms with E-state index in [-0.39, 0.29) is 55.5 Å². The zero-order valence-corrected chi connectivity index (χ0v) is 38.2. The summed E-state index contributed by atoms with van der Waals surface area (Å²) in [5, 5.41) is 11.4. The molecule has 11 rings (SSSR count). The molecule has 16 nitrogen and oxygen atoms in total. The second kappa shape index (κ2) is 18.2. The lowest BCUT2D eigenvalue weighted by Gasteiger charge is -2.39. The van der Waals surface area contributed by atoms with Crippen LogP contribution in [0, 0.1) is 23.0 Å². The van der Waals surface area contributed by atoms with Gasteiger partial charge in [-0.2, -0.15) is 0 Å². The number of amides is 6. The summed E-state index contributed by atoms with van der Waals surface area (Å²) in [7, 11) is 0. The molecule has 1 saturated carbocycles. The predicted octanol–water partition coefficient (Wildman–Crippen LogP) is 6.04. The van der Waals surface area contributed by atoms with E-state index in [1.165, 1.54) is 35.2 Å². The fraction of sp³-hybridized carbons (Fsp3) is 0.365. The van der Waals surface area contributed by atoms with E-state index in [4.69, 9.17) is 4.74 Å². The Labute approximate surface area is 401 Å². The molecule has 1 aliphatic carbocycles. The molecule has 5 aromatic rings. The molecule has 0 spiro atoms. The van der Waals surface area contributed by atoms with Gasteiger partial charge in [0, 0.05) is 92.0 Å². The van der Waals surface area contributed by atoms with E-state index < -0.39 is 35.0 Å². The third-order valence-corrected chi connectivity index (χ3v) is 14.9. The number of ether oxygens (including phenoxy) is 1. The summed E-state index contributed by atoms with van der Waals surface area (Å²) in [5.41, 5.74) is 2.63. The number of carbonyl (C=O) groups is 6. The van der Waals surface area contributed by atoms with Crippen LogP contribution in [0.15, 0.2) is 91.1 Å². The normalized spacial score (nSPS) is 22.0. The van der Waals surface area contributed by atoms with Crippen LogP contribution in [0.3, 0.4) is 0 Å². The van der Waals surface area contributed by atoms with E-state index in [0.717, 1.165) is 44.5 Å². The van der Waals surface area contributed by atoms with Crippen molar-refractivity contribution in [3.8, 4) is 11.5 Å². The van der Waals surface area contributed by atoms with Gasteiger partial charge in [0.2, 0.25) is 29.5 Å². The first-order valence-electron chi connectivity index (χ1n) is 23.9. The average molecular weight is 952 g/mol. The van der Waals surface area contributed by atoms with Gasteiger partial charge in [-0.25, -0.2) is 8.78 Å². The number of fused-ring (bicyclic) bond motifs is 4. The molecule has 3 atom stereocenters. The Bertz CT molecular complexity index is 2940. The molecule has 0 radical (unpaired) electrons. The van der Waals surface area contributed by atoms with Crippen LogP contribution in [-0.4, -0.2) is 113 Å². The van der Waals surface area contributed by atoms with Gasteiger partial charge in [-0.15, -0.1) is 0 Å². The van der Waals surface area contributed by atoms with Gasteiger partial charge in [-0.1, -0.05) is 0 Å². The number of nitrogens with zero attached hydrogens (tertiary/aromatic N) is 5. The van der Waals surface area contributed by atoms with Gasteiger partial charge in [0.1, 0.15) is 34.6 Å². The number of hydrogen-bond donors (Lipinski definition) is 4. The molecule has 4 aromatic carbocycles. The summed E-state index contributed by atoms with van der Waals surface area (Å²) >= 11 is 0. The number of piperidine rings is 2. The van der Waals surface area contributed by atoms with E-state index in [2.05, 4.69) is 41.0 Å². The highest BCUT2D eigenvalue weighted by atomic mass is 19.1. The van der Waals surface area contributed by atoms with Crippen LogP contribution in [0.4, 0.5) is 31.5 Å². The number of likely N-dealkylation sites (tertiary alicyclic amines) is 2. The van der Waals surface area contributed by atoms with Crippen LogP contribution in [0.2, 0.25) is 0 Å². The zero-order chi connectivity index (χ0) is 48.3. The minimum atomic E-state index is -1.20. The molecule has 360 valence electrons. The number of pyridine rings is 1. The Morgan fingerprint density at radius 1 is 0.786 bits per heavy atom. The molecule has 1 aromatic heterocycles. The molecule has 70 heavy (non-hydrogen) atoms. The number of nitrogens with one attached hydrogen (secondary N) is 4. The number of piperazine rings is 1. The Balaban J connectivity index is 0.637. The lowest BCUT2D eigenvalue weighted by atomic mass is 9.95. The van der Waals surface area contributed by atoms with Gasteiger partial charge in [-0.3, -0.25) is 48.9 Å². The first-order chi connectivity index (χ1) is 33.8. The third kappa shape index (κ3) is 8.92. The maximum Gasteiger partial charge on any atom is 0.255 e. The summed E-state index contributed by atoms with van der Waals surface area (Å²) in [4.78, 5) is 89.5. The molecule has 5 aliphatic heterocycles. The first kappa shape index (κ1) is 45.2. The fourth-order valence-electron chi connectivity index (χ4n) is 10.9. The highest BCUT2D eigenvalue weighted by molar-refractivity contribution is 6.17. The molecule has 5 fully saturated rings. The monoisotopic (exact) mass is 951 g/mol. The minimum Gasteiger partial charge on any atom is -0.457 e. The average Bonchev–Trinajstić information content (AvgIpc) is 3.82. The lowest BCUT2D eigenvalue weighted by molar-refractivity contribution is -0.137. The molecular formula is C52H51F2N9O7. The van der Waals surface area contributed by atoms with Crippen LogP contribution in [0.25, 0.3) is 10.9 Å². The van der Waals surface area contributed by atoms with Crippen molar-refractivity contribution in [3.05, 3.63) is 114 Å². The number of carbonyl (C=O) groups excluding carboxylic acids is 6. The summed E-state index contributed by atoms with van der Waals surface area (Å²) in [6.07, 6.45) is 5.76. The largest absolute Gasteiger partial charge is 0.457 e. The number of anilines is 4. The zero-order valence-electron chi connectivity index (χ0n) is 38.2. The van der Waals surface area contributed by atoms with E-state index in [1.807, 2.05) is 0 Å². The SMILES string of the molecule is O=C1CCC(N2Cc3cc(NC(=O)CN4C[C@H]5C[C@@H]4CN5CC4CCN(c5cc6nccc(Oc7ccc(NC(=O)C8(C(=O)Nc9ccc(F)cc9)CC8)cc7)c6cc5F)CC4)ccc3C2=O)C(=O)N1. The standard InChI is InChI=1S/C52H51F2N9O7/c53-32-1-3-33(4-2-32)57-50(68)52(16-17-52)51(69)58-34-5-8-38(9-6-34)70-45-13-18-55-42-24-44(41(54)23-40(42)45)60-19-14-30(15-20-60)25-61-27-37-22-36(61)28-62(37)29-47(65)56-35-7-10-39-31(21-35)26-63(49(39)67)43-11-12-46(64)59-48(43)66/h1-10,13,18,21,23-24,30,36-37,43H,11-12,14-17,19-20,22,25-29H2,(H,56,65)(H,57,68)(H,58,69)(H,59,64,66)/t36-,37-,43?/m1/s1. The van der Waals surface area contributed by atoms with Crippen molar-refractivity contribution in [1.82, 2.24) is 25.0 Å². The van der Waals surface area contributed by atoms with Crippen molar-refractivity contribution < 1.29 is 42.3 Å². The van der Waals surface area contributed by atoms with Crippen LogP contribution in [0.5, 0.6) is 11.5 Å². The number of hydrogen-bond acceptors (Lipinski definition) is 11. The molecule has 4 saturated heterocycles. The van der Waals surface area contributed by atoms with Crippen LogP contribution in [0.1, 0.15) is 60.9 Å².